The van der Waals surface area contributed by atoms with Crippen molar-refractivity contribution in [2.24, 2.45) is 0 Å². The van der Waals surface area contributed by atoms with E-state index in [1.165, 1.54) is 38.8 Å². The maximum Gasteiger partial charge on any atom is -0.00297 e. The SMILES string of the molecule is C#CC.C1CCCNCC1. The third-order valence-corrected chi connectivity index (χ3v) is 1.46. The van der Waals surface area contributed by atoms with Gasteiger partial charge < -0.3 is 5.32 Å². The Kier molecular flexibility index (Phi) is 8.11. The molecule has 0 spiro atoms. The minimum atomic E-state index is 1.25. The zero-order valence-corrected chi connectivity index (χ0v) is 6.82. The van der Waals surface area contributed by atoms with E-state index in [0.717, 1.165) is 0 Å². The molecule has 1 N–H and O–H groups in total. The van der Waals surface area contributed by atoms with E-state index in [1.807, 2.05) is 0 Å². The van der Waals surface area contributed by atoms with Gasteiger partial charge in [0, 0.05) is 0 Å². The summed E-state index contributed by atoms with van der Waals surface area (Å²) in [5.41, 5.74) is 0. The minimum Gasteiger partial charge on any atom is -0.317 e. The van der Waals surface area contributed by atoms with Crippen LogP contribution in [0.1, 0.15) is 32.6 Å². The lowest BCUT2D eigenvalue weighted by molar-refractivity contribution is 0.702. The number of hydrogen-bond donors (Lipinski definition) is 1. The molecule has 0 radical (unpaired) electrons. The molecule has 0 bridgehead atoms. The van der Waals surface area contributed by atoms with Crippen LogP contribution in [0.4, 0.5) is 0 Å². The molecule has 0 aromatic rings. The molecule has 1 nitrogen and oxygen atoms in total. The largest absolute Gasteiger partial charge is 0.317 e. The Labute approximate surface area is 64.2 Å². The molecule has 0 amide bonds. The Bertz CT molecular complexity index is 71.7. The van der Waals surface area contributed by atoms with Gasteiger partial charge >= 0.3 is 0 Å². The maximum atomic E-state index is 4.60. The van der Waals surface area contributed by atoms with Crippen LogP contribution in [0.3, 0.4) is 0 Å². The number of terminal acetylenes is 1. The van der Waals surface area contributed by atoms with Crippen molar-refractivity contribution in [3.05, 3.63) is 0 Å². The summed E-state index contributed by atoms with van der Waals surface area (Å²) >= 11 is 0. The Morgan fingerprint density at radius 3 is 1.90 bits per heavy atom. The summed E-state index contributed by atoms with van der Waals surface area (Å²) in [4.78, 5) is 0. The second-order valence-electron chi connectivity index (χ2n) is 2.45. The van der Waals surface area contributed by atoms with Crippen LogP contribution < -0.4 is 5.32 Å². The third kappa shape index (κ3) is 7.52. The lowest BCUT2D eigenvalue weighted by atomic mass is 10.2. The van der Waals surface area contributed by atoms with Gasteiger partial charge in [-0.05, 0) is 32.9 Å². The van der Waals surface area contributed by atoms with Crippen molar-refractivity contribution in [2.75, 3.05) is 13.1 Å². The second-order valence-corrected chi connectivity index (χ2v) is 2.45. The van der Waals surface area contributed by atoms with Gasteiger partial charge in [-0.1, -0.05) is 12.8 Å². The van der Waals surface area contributed by atoms with E-state index in [0.29, 0.717) is 0 Å². The molecule has 0 unspecified atom stereocenters. The van der Waals surface area contributed by atoms with Crippen molar-refractivity contribution in [3.8, 4) is 12.3 Å². The van der Waals surface area contributed by atoms with E-state index in [2.05, 4.69) is 17.7 Å². The summed E-state index contributed by atoms with van der Waals surface area (Å²) in [6, 6.07) is 0. The normalized spacial score (nSPS) is 17.6. The summed E-state index contributed by atoms with van der Waals surface area (Å²) in [6.07, 6.45) is 10.2. The highest BCUT2D eigenvalue weighted by atomic mass is 14.8. The Morgan fingerprint density at radius 1 is 1.10 bits per heavy atom. The lowest BCUT2D eigenvalue weighted by Gasteiger charge is -1.91. The van der Waals surface area contributed by atoms with Gasteiger partial charge in [0.1, 0.15) is 0 Å². The molecule has 1 aliphatic heterocycles. The monoisotopic (exact) mass is 139 g/mol. The average molecular weight is 139 g/mol. The molecule has 1 rings (SSSR count). The average Bonchev–Trinajstić information content (AvgIpc) is 2.17. The van der Waals surface area contributed by atoms with Crippen LogP contribution in [0.15, 0.2) is 0 Å². The highest BCUT2D eigenvalue weighted by molar-refractivity contribution is 4.73. The smallest absolute Gasteiger partial charge is 0.00297 e. The molecule has 1 fully saturated rings. The molecule has 0 atom stereocenters. The van der Waals surface area contributed by atoms with Gasteiger partial charge in [0.2, 0.25) is 0 Å². The molecule has 0 aromatic heterocycles. The van der Waals surface area contributed by atoms with E-state index in [9.17, 15) is 0 Å². The maximum absolute atomic E-state index is 4.60. The van der Waals surface area contributed by atoms with E-state index >= 15 is 0 Å². The van der Waals surface area contributed by atoms with Crippen molar-refractivity contribution in [1.82, 2.24) is 5.32 Å². The Hall–Kier alpha value is -0.480. The van der Waals surface area contributed by atoms with Gasteiger partial charge in [-0.3, -0.25) is 0 Å². The third-order valence-electron chi connectivity index (χ3n) is 1.46. The topological polar surface area (TPSA) is 12.0 Å². The van der Waals surface area contributed by atoms with Gasteiger partial charge in [0.15, 0.2) is 0 Å². The molecule has 58 valence electrons. The Morgan fingerprint density at radius 2 is 1.50 bits per heavy atom. The first-order chi connectivity index (χ1) is 4.91. The van der Waals surface area contributed by atoms with Gasteiger partial charge in [0.05, 0.1) is 0 Å². The van der Waals surface area contributed by atoms with Crippen molar-refractivity contribution in [2.45, 2.75) is 32.6 Å². The summed E-state index contributed by atoms with van der Waals surface area (Å²) in [5, 5.41) is 3.35. The predicted molar refractivity (Wildman–Crippen MR) is 45.8 cm³/mol. The zero-order valence-electron chi connectivity index (χ0n) is 6.82. The molecule has 0 saturated carbocycles. The summed E-state index contributed by atoms with van der Waals surface area (Å²) in [5.74, 6) is 2.25. The molecule has 1 saturated heterocycles. The van der Waals surface area contributed by atoms with Crippen LogP contribution in [0.25, 0.3) is 0 Å². The van der Waals surface area contributed by atoms with Crippen LogP contribution in [0, 0.1) is 12.3 Å². The van der Waals surface area contributed by atoms with Gasteiger partial charge in [-0.25, -0.2) is 0 Å². The first-order valence-electron chi connectivity index (χ1n) is 4.00. The zero-order chi connectivity index (χ0) is 7.66. The first-order valence-corrected chi connectivity index (χ1v) is 4.00. The fourth-order valence-electron chi connectivity index (χ4n) is 0.979. The van der Waals surface area contributed by atoms with Crippen LogP contribution in [0.2, 0.25) is 0 Å². The highest BCUT2D eigenvalue weighted by Crippen LogP contribution is 2.00. The quantitative estimate of drug-likeness (QED) is 0.504. The molecule has 0 aliphatic carbocycles. The first kappa shape index (κ1) is 9.52. The summed E-state index contributed by atoms with van der Waals surface area (Å²) in [6.45, 7) is 4.15. The van der Waals surface area contributed by atoms with Crippen molar-refractivity contribution < 1.29 is 0 Å². The van der Waals surface area contributed by atoms with Crippen molar-refractivity contribution in [3.63, 3.8) is 0 Å². The number of nitrogens with one attached hydrogen (secondary N) is 1. The van der Waals surface area contributed by atoms with Crippen molar-refractivity contribution >= 4 is 0 Å². The fourth-order valence-corrected chi connectivity index (χ4v) is 0.979. The second kappa shape index (κ2) is 8.52. The molecule has 1 heteroatoms. The number of rotatable bonds is 0. The van der Waals surface area contributed by atoms with E-state index < -0.39 is 0 Å². The molecular formula is C9H17N. The molecule has 1 heterocycles. The molecule has 1 aliphatic rings. The standard InChI is InChI=1S/C6H13N.C3H4/c1-2-4-6-7-5-3-1;1-3-2/h7H,1-6H2;1H,2H3. The highest BCUT2D eigenvalue weighted by Gasteiger charge is 1.94. The number of hydrogen-bond acceptors (Lipinski definition) is 1. The minimum absolute atomic E-state index is 1.25. The van der Waals surface area contributed by atoms with Gasteiger partial charge in [0.25, 0.3) is 0 Å². The fraction of sp³-hybridized carbons (Fsp3) is 0.778. The van der Waals surface area contributed by atoms with Crippen LogP contribution >= 0.6 is 0 Å². The lowest BCUT2D eigenvalue weighted by Crippen LogP contribution is -2.12. The summed E-state index contributed by atoms with van der Waals surface area (Å²) in [7, 11) is 0. The van der Waals surface area contributed by atoms with E-state index in [-0.39, 0.29) is 0 Å². The van der Waals surface area contributed by atoms with E-state index in [1.54, 1.807) is 6.92 Å². The molecule has 10 heavy (non-hydrogen) atoms. The summed E-state index contributed by atoms with van der Waals surface area (Å²) < 4.78 is 0. The van der Waals surface area contributed by atoms with Gasteiger partial charge in [-0.2, -0.15) is 0 Å². The predicted octanol–water partition coefficient (Wildman–Crippen LogP) is 1.79. The molecule has 0 aromatic carbocycles. The van der Waals surface area contributed by atoms with Crippen LogP contribution in [-0.2, 0) is 0 Å². The van der Waals surface area contributed by atoms with Gasteiger partial charge in [-0.15, -0.1) is 12.3 Å². The van der Waals surface area contributed by atoms with Crippen LogP contribution in [0.5, 0.6) is 0 Å². The Balaban J connectivity index is 0.000000236. The van der Waals surface area contributed by atoms with Crippen LogP contribution in [-0.4, -0.2) is 13.1 Å². The van der Waals surface area contributed by atoms with E-state index in [4.69, 9.17) is 0 Å². The molecular weight excluding hydrogens is 122 g/mol. The van der Waals surface area contributed by atoms with Crippen molar-refractivity contribution in [1.29, 1.82) is 0 Å².